The molecule has 3 saturated heterocycles. The summed E-state index contributed by atoms with van der Waals surface area (Å²) >= 11 is 6.13. The zero-order chi connectivity index (χ0) is 26.2. The molecule has 1 aromatic heterocycles. The Hall–Kier alpha value is -3.96. The number of amides is 4. The molecule has 3 atom stereocenters. The number of halogens is 1. The van der Waals surface area contributed by atoms with Crippen molar-refractivity contribution in [3.8, 4) is 6.07 Å². The molecule has 8 nitrogen and oxygen atoms in total. The first kappa shape index (κ1) is 23.2. The number of aromatic nitrogens is 1. The highest BCUT2D eigenvalue weighted by molar-refractivity contribution is 6.30. The quantitative estimate of drug-likeness (QED) is 0.472. The number of hydrogen-bond donors (Lipinski definition) is 0. The normalized spacial score (nSPS) is 25.4. The Balaban J connectivity index is 1.24. The summed E-state index contributed by atoms with van der Waals surface area (Å²) in [6, 6.07) is 15.1. The number of nitriles is 1. The molecule has 0 unspecified atom stereocenters. The van der Waals surface area contributed by atoms with Gasteiger partial charge in [-0.05, 0) is 37.0 Å². The maximum absolute atomic E-state index is 14.2. The van der Waals surface area contributed by atoms with Gasteiger partial charge in [-0.25, -0.2) is 14.7 Å². The molecule has 4 fully saturated rings. The van der Waals surface area contributed by atoms with Crippen molar-refractivity contribution in [2.45, 2.75) is 55.6 Å². The number of nitrogens with zero attached hydrogens (tertiary/aromatic N) is 5. The standard InChI is InChI=1S/C29H24ClN5O3/c30-18-9-7-17(8-10-18)29(11-3-4-12-29)27(37)33-16-19-13-23(33)25-26(36)35(28(38)34(19)25)24-15-32-22(14-31)20-5-1-2-6-21(20)24/h1-2,5-10,15,19,23,25H,3-4,11-13,16H2/t19-,23-,25-/m0/s1. The van der Waals surface area contributed by atoms with E-state index in [1.54, 1.807) is 29.2 Å². The minimum absolute atomic E-state index is 0.0497. The molecule has 0 N–H and O–H groups in total. The zero-order valence-electron chi connectivity index (χ0n) is 20.5. The van der Waals surface area contributed by atoms with E-state index in [2.05, 4.69) is 11.1 Å². The van der Waals surface area contributed by atoms with E-state index >= 15 is 0 Å². The number of pyridine rings is 1. The van der Waals surface area contributed by atoms with Crippen molar-refractivity contribution in [3.63, 3.8) is 0 Å². The van der Waals surface area contributed by atoms with Crippen LogP contribution in [0.25, 0.3) is 10.8 Å². The Bertz CT molecular complexity index is 1560. The molecule has 3 aliphatic heterocycles. The van der Waals surface area contributed by atoms with Crippen molar-refractivity contribution in [2.75, 3.05) is 11.4 Å². The molecular weight excluding hydrogens is 502 g/mol. The predicted molar refractivity (Wildman–Crippen MR) is 140 cm³/mol. The summed E-state index contributed by atoms with van der Waals surface area (Å²) in [5, 5.41) is 11.3. The van der Waals surface area contributed by atoms with Gasteiger partial charge in [-0.3, -0.25) is 9.59 Å². The molecule has 0 spiro atoms. The molecule has 7 rings (SSSR count). The van der Waals surface area contributed by atoms with Crippen LogP contribution in [-0.4, -0.2) is 57.3 Å². The van der Waals surface area contributed by atoms with Crippen LogP contribution in [0.15, 0.2) is 54.7 Å². The number of imide groups is 1. The molecule has 1 saturated carbocycles. The summed E-state index contributed by atoms with van der Waals surface area (Å²) in [6.07, 6.45) is 5.49. The van der Waals surface area contributed by atoms with Gasteiger partial charge in [-0.15, -0.1) is 0 Å². The molecule has 38 heavy (non-hydrogen) atoms. The van der Waals surface area contributed by atoms with Crippen molar-refractivity contribution < 1.29 is 14.4 Å². The molecule has 2 aromatic carbocycles. The molecule has 3 aromatic rings. The van der Waals surface area contributed by atoms with Gasteiger partial charge in [0.25, 0.3) is 5.91 Å². The summed E-state index contributed by atoms with van der Waals surface area (Å²) in [5.74, 6) is -0.294. The third-order valence-corrected chi connectivity index (χ3v) is 9.16. The number of benzene rings is 2. The monoisotopic (exact) mass is 525 g/mol. The Morgan fingerprint density at radius 1 is 1.05 bits per heavy atom. The third kappa shape index (κ3) is 3.02. The smallest absolute Gasteiger partial charge is 0.332 e. The number of piperazine rings is 1. The molecule has 4 amide bonds. The molecule has 1 aliphatic carbocycles. The van der Waals surface area contributed by atoms with Crippen molar-refractivity contribution in [1.29, 1.82) is 5.26 Å². The molecule has 2 bridgehead atoms. The Morgan fingerprint density at radius 3 is 2.47 bits per heavy atom. The molecular formula is C29H24ClN5O3. The fourth-order valence-corrected chi connectivity index (χ4v) is 7.33. The molecule has 4 aliphatic rings. The van der Waals surface area contributed by atoms with E-state index in [0.29, 0.717) is 34.4 Å². The van der Waals surface area contributed by atoms with Gasteiger partial charge in [-0.1, -0.05) is 60.8 Å². The average molecular weight is 526 g/mol. The first-order valence-corrected chi connectivity index (χ1v) is 13.3. The second-order valence-electron chi connectivity index (χ2n) is 10.7. The maximum atomic E-state index is 14.2. The number of urea groups is 1. The first-order valence-electron chi connectivity index (χ1n) is 13.0. The zero-order valence-corrected chi connectivity index (χ0v) is 21.3. The number of carbonyl (C=O) groups excluding carboxylic acids is 3. The Labute approximate surface area is 224 Å². The van der Waals surface area contributed by atoms with Crippen molar-refractivity contribution in [1.82, 2.24) is 14.8 Å². The lowest BCUT2D eigenvalue weighted by atomic mass is 9.77. The molecule has 190 valence electrons. The third-order valence-electron chi connectivity index (χ3n) is 8.91. The van der Waals surface area contributed by atoms with E-state index < -0.39 is 11.5 Å². The topological polar surface area (TPSA) is 97.6 Å². The summed E-state index contributed by atoms with van der Waals surface area (Å²) in [4.78, 5) is 50.7. The van der Waals surface area contributed by atoms with Crippen LogP contribution in [0, 0.1) is 11.3 Å². The van der Waals surface area contributed by atoms with Gasteiger partial charge in [0.2, 0.25) is 5.91 Å². The molecule has 0 radical (unpaired) electrons. The van der Waals surface area contributed by atoms with Gasteiger partial charge in [0.05, 0.1) is 29.4 Å². The van der Waals surface area contributed by atoms with Crippen LogP contribution in [0.4, 0.5) is 10.5 Å². The summed E-state index contributed by atoms with van der Waals surface area (Å²) in [6.45, 7) is 0.425. The number of likely N-dealkylation sites (tertiary alicyclic amines) is 1. The lowest BCUT2D eigenvalue weighted by Crippen LogP contribution is -2.58. The van der Waals surface area contributed by atoms with Crippen LogP contribution < -0.4 is 4.90 Å². The fourth-order valence-electron chi connectivity index (χ4n) is 7.21. The van der Waals surface area contributed by atoms with Crippen LogP contribution in [0.2, 0.25) is 5.02 Å². The second-order valence-corrected chi connectivity index (χ2v) is 11.1. The van der Waals surface area contributed by atoms with Gasteiger partial charge in [0.1, 0.15) is 17.8 Å². The molecule has 4 heterocycles. The van der Waals surface area contributed by atoms with Crippen LogP contribution in [0.5, 0.6) is 0 Å². The fraction of sp³-hybridized carbons (Fsp3) is 0.345. The second kappa shape index (κ2) is 8.27. The lowest BCUT2D eigenvalue weighted by molar-refractivity contribution is -0.141. The van der Waals surface area contributed by atoms with E-state index in [1.165, 1.54) is 11.1 Å². The Kier molecular flexibility index (Phi) is 5.04. The van der Waals surface area contributed by atoms with Crippen molar-refractivity contribution >= 4 is 45.9 Å². The largest absolute Gasteiger partial charge is 0.334 e. The highest BCUT2D eigenvalue weighted by atomic mass is 35.5. The summed E-state index contributed by atoms with van der Waals surface area (Å²) in [7, 11) is 0. The Morgan fingerprint density at radius 2 is 1.76 bits per heavy atom. The minimum atomic E-state index is -0.719. The first-order chi connectivity index (χ1) is 18.4. The van der Waals surface area contributed by atoms with Gasteiger partial charge in [0.15, 0.2) is 0 Å². The van der Waals surface area contributed by atoms with E-state index in [4.69, 9.17) is 11.6 Å². The van der Waals surface area contributed by atoms with E-state index in [1.807, 2.05) is 29.2 Å². The number of fused-ring (bicyclic) bond motifs is 6. The van der Waals surface area contributed by atoms with Crippen LogP contribution in [0.3, 0.4) is 0 Å². The van der Waals surface area contributed by atoms with E-state index in [-0.39, 0.29) is 35.6 Å². The number of anilines is 1. The average Bonchev–Trinajstić information content (AvgIpc) is 3.72. The minimum Gasteiger partial charge on any atom is -0.334 e. The van der Waals surface area contributed by atoms with Crippen molar-refractivity contribution in [2.24, 2.45) is 0 Å². The van der Waals surface area contributed by atoms with Gasteiger partial charge >= 0.3 is 6.03 Å². The van der Waals surface area contributed by atoms with E-state index in [9.17, 15) is 19.6 Å². The maximum Gasteiger partial charge on any atom is 0.332 e. The van der Waals surface area contributed by atoms with Crippen LogP contribution in [0.1, 0.15) is 43.4 Å². The lowest BCUT2D eigenvalue weighted by Gasteiger charge is -2.40. The summed E-state index contributed by atoms with van der Waals surface area (Å²) in [5.41, 5.74) is 0.951. The number of carbonyl (C=O) groups is 3. The SMILES string of the molecule is N#Cc1ncc(N2C(=O)[C@@H]3[C@@H]4C[C@@H](CN4C(=O)C4(c5ccc(Cl)cc5)CCCC4)N3C2=O)c2ccccc12. The van der Waals surface area contributed by atoms with Gasteiger partial charge in [0, 0.05) is 22.3 Å². The van der Waals surface area contributed by atoms with E-state index in [0.717, 1.165) is 31.2 Å². The van der Waals surface area contributed by atoms with Crippen molar-refractivity contribution in [3.05, 3.63) is 71.0 Å². The van der Waals surface area contributed by atoms with Crippen LogP contribution in [-0.2, 0) is 15.0 Å². The number of rotatable bonds is 3. The molecule has 9 heteroatoms. The highest BCUT2D eigenvalue weighted by Crippen LogP contribution is 2.48. The van der Waals surface area contributed by atoms with Gasteiger partial charge in [-0.2, -0.15) is 5.26 Å². The number of hydrogen-bond acceptors (Lipinski definition) is 5. The summed E-state index contributed by atoms with van der Waals surface area (Å²) < 4.78 is 0. The van der Waals surface area contributed by atoms with Gasteiger partial charge < -0.3 is 9.80 Å². The predicted octanol–water partition coefficient (Wildman–Crippen LogP) is 4.39. The highest BCUT2D eigenvalue weighted by Gasteiger charge is 2.64. The van der Waals surface area contributed by atoms with Crippen LogP contribution >= 0.6 is 11.6 Å².